The fraction of sp³-hybridized carbons (Fsp3) is 0.286. The molecule has 1 aliphatic heterocycles. The molecule has 1 fully saturated rings. The Balaban J connectivity index is 1.21. The molecule has 0 atom stereocenters. The van der Waals surface area contributed by atoms with Gasteiger partial charge in [0.1, 0.15) is 17.4 Å². The highest BCUT2D eigenvalue weighted by atomic mass is 16.5. The fourth-order valence-electron chi connectivity index (χ4n) is 3.20. The van der Waals surface area contributed by atoms with Crippen molar-refractivity contribution < 1.29 is 4.74 Å². The zero-order valence-corrected chi connectivity index (χ0v) is 15.5. The lowest BCUT2D eigenvalue weighted by Gasteiger charge is -2.08. The van der Waals surface area contributed by atoms with Crippen molar-refractivity contribution in [2.24, 2.45) is 10.9 Å². The summed E-state index contributed by atoms with van der Waals surface area (Å²) in [5, 5.41) is 7.74. The Kier molecular flexibility index (Phi) is 4.40. The second-order valence-electron chi connectivity index (χ2n) is 7.17. The number of ether oxygens (including phenoxy) is 1. The summed E-state index contributed by atoms with van der Waals surface area (Å²) in [5.41, 5.74) is 2.32. The first kappa shape index (κ1) is 16.8. The molecule has 1 aromatic carbocycles. The van der Waals surface area contributed by atoms with Crippen LogP contribution in [0.15, 0.2) is 59.6 Å². The van der Waals surface area contributed by atoms with Crippen molar-refractivity contribution in [3.05, 3.63) is 60.1 Å². The number of nitrogens with one attached hydrogen (secondary N) is 3. The van der Waals surface area contributed by atoms with Gasteiger partial charge in [0.15, 0.2) is 0 Å². The molecule has 3 heterocycles. The molecule has 1 aliphatic carbocycles. The first-order chi connectivity index (χ1) is 13.8. The number of aromatic amines is 1. The van der Waals surface area contributed by atoms with Crippen LogP contribution in [0.3, 0.4) is 0 Å². The molecule has 3 aromatic rings. The Labute approximate surface area is 163 Å². The monoisotopic (exact) mass is 374 g/mol. The van der Waals surface area contributed by atoms with Crippen LogP contribution in [0.4, 0.5) is 11.8 Å². The molecular formula is C21H22N6O. The molecule has 0 radical (unpaired) electrons. The van der Waals surface area contributed by atoms with Crippen molar-refractivity contribution >= 4 is 28.5 Å². The molecule has 0 saturated heterocycles. The van der Waals surface area contributed by atoms with Gasteiger partial charge in [-0.05, 0) is 42.5 Å². The third kappa shape index (κ3) is 3.83. The van der Waals surface area contributed by atoms with E-state index in [2.05, 4.69) is 48.8 Å². The Morgan fingerprint density at radius 1 is 1.18 bits per heavy atom. The number of H-pyrrole nitrogens is 1. The van der Waals surface area contributed by atoms with Gasteiger partial charge in [0.2, 0.25) is 5.95 Å². The number of anilines is 2. The average Bonchev–Trinajstić information content (AvgIpc) is 3.22. The number of hydrogen-bond donors (Lipinski definition) is 3. The van der Waals surface area contributed by atoms with Gasteiger partial charge in [-0.25, -0.2) is 4.98 Å². The summed E-state index contributed by atoms with van der Waals surface area (Å²) in [4.78, 5) is 16.6. The van der Waals surface area contributed by atoms with Crippen molar-refractivity contribution in [1.29, 1.82) is 0 Å². The second kappa shape index (κ2) is 7.34. The fourth-order valence-corrected chi connectivity index (χ4v) is 3.20. The van der Waals surface area contributed by atoms with E-state index in [0.29, 0.717) is 24.9 Å². The summed E-state index contributed by atoms with van der Waals surface area (Å²) in [7, 11) is 0. The van der Waals surface area contributed by atoms with E-state index in [9.17, 15) is 0 Å². The quantitative estimate of drug-likeness (QED) is 0.587. The number of nitrogens with zero attached hydrogens (tertiary/aromatic N) is 3. The van der Waals surface area contributed by atoms with Crippen molar-refractivity contribution in [2.45, 2.75) is 19.4 Å². The highest BCUT2D eigenvalue weighted by molar-refractivity contribution is 6.04. The normalized spacial score (nSPS) is 16.0. The number of hydrogen-bond acceptors (Lipinski definition) is 6. The molecule has 3 N–H and O–H groups in total. The summed E-state index contributed by atoms with van der Waals surface area (Å²) in [6.07, 6.45) is 8.21. The lowest BCUT2D eigenvalue weighted by molar-refractivity contribution is 0.199. The molecule has 7 heteroatoms. The molecule has 142 valence electrons. The summed E-state index contributed by atoms with van der Waals surface area (Å²) < 4.78 is 5.79. The van der Waals surface area contributed by atoms with E-state index in [4.69, 9.17) is 4.74 Å². The smallest absolute Gasteiger partial charge is 0.224 e. The van der Waals surface area contributed by atoms with E-state index < -0.39 is 0 Å². The molecule has 0 unspecified atom stereocenters. The van der Waals surface area contributed by atoms with Gasteiger partial charge in [0, 0.05) is 35.9 Å². The van der Waals surface area contributed by atoms with Crippen molar-refractivity contribution in [1.82, 2.24) is 15.0 Å². The maximum atomic E-state index is 5.79. The van der Waals surface area contributed by atoms with E-state index in [0.717, 1.165) is 29.6 Å². The predicted octanol–water partition coefficient (Wildman–Crippen LogP) is 3.70. The summed E-state index contributed by atoms with van der Waals surface area (Å²) >= 11 is 0. The predicted molar refractivity (Wildman–Crippen MR) is 110 cm³/mol. The van der Waals surface area contributed by atoms with Crippen molar-refractivity contribution in [2.75, 3.05) is 23.8 Å². The summed E-state index contributed by atoms with van der Waals surface area (Å²) in [6, 6.07) is 10.1. The van der Waals surface area contributed by atoms with Crippen LogP contribution in [-0.2, 0) is 11.3 Å². The summed E-state index contributed by atoms with van der Waals surface area (Å²) in [6.45, 7) is 2.05. The van der Waals surface area contributed by atoms with Gasteiger partial charge in [0.05, 0.1) is 13.2 Å². The zero-order valence-electron chi connectivity index (χ0n) is 15.5. The highest BCUT2D eigenvalue weighted by Crippen LogP contribution is 2.29. The van der Waals surface area contributed by atoms with Crippen molar-refractivity contribution in [3.63, 3.8) is 0 Å². The Morgan fingerprint density at radius 2 is 2.14 bits per heavy atom. The second-order valence-corrected chi connectivity index (χ2v) is 7.17. The van der Waals surface area contributed by atoms with E-state index in [-0.39, 0.29) is 0 Å². The maximum absolute atomic E-state index is 5.79. The van der Waals surface area contributed by atoms with Gasteiger partial charge in [-0.3, -0.25) is 4.99 Å². The molecule has 0 spiro atoms. The lowest BCUT2D eigenvalue weighted by Crippen LogP contribution is -2.11. The Bertz CT molecular complexity index is 1050. The third-order valence-electron chi connectivity index (χ3n) is 4.94. The maximum Gasteiger partial charge on any atom is 0.224 e. The largest absolute Gasteiger partial charge is 0.496 e. The zero-order chi connectivity index (χ0) is 18.8. The van der Waals surface area contributed by atoms with Crippen LogP contribution >= 0.6 is 0 Å². The standard InChI is InChI=1S/C21H22N6O/c1-2-15(17-6-8-22-18(17)3-1)11-25-21-23-9-7-19(27-21)26-20-10-16(12-24-20)28-13-14-4-5-14/h1-3,6-10,14,22H,4-5,11-13H2,(H2,23,24,25,26,27). The van der Waals surface area contributed by atoms with E-state index in [1.807, 2.05) is 24.4 Å². The number of benzene rings is 1. The average molecular weight is 374 g/mol. The van der Waals surface area contributed by atoms with Gasteiger partial charge < -0.3 is 20.4 Å². The van der Waals surface area contributed by atoms with E-state index in [1.165, 1.54) is 23.8 Å². The van der Waals surface area contributed by atoms with Crippen LogP contribution in [0, 0.1) is 5.92 Å². The van der Waals surface area contributed by atoms with Gasteiger partial charge in [-0.15, -0.1) is 0 Å². The van der Waals surface area contributed by atoms with E-state index in [1.54, 1.807) is 6.20 Å². The molecule has 2 aromatic heterocycles. The Hall–Kier alpha value is -3.35. The minimum absolute atomic E-state index is 0.574. The number of fused-ring (bicyclic) bond motifs is 1. The first-order valence-corrected chi connectivity index (χ1v) is 9.60. The van der Waals surface area contributed by atoms with Gasteiger partial charge in [-0.2, -0.15) is 4.98 Å². The molecule has 5 rings (SSSR count). The lowest BCUT2D eigenvalue weighted by atomic mass is 10.1. The minimum atomic E-state index is 0.574. The summed E-state index contributed by atoms with van der Waals surface area (Å²) in [5.74, 6) is 3.71. The van der Waals surface area contributed by atoms with Crippen LogP contribution in [0.2, 0.25) is 0 Å². The van der Waals surface area contributed by atoms with Gasteiger partial charge >= 0.3 is 0 Å². The van der Waals surface area contributed by atoms with Crippen LogP contribution < -0.4 is 10.6 Å². The van der Waals surface area contributed by atoms with Crippen LogP contribution in [-0.4, -0.2) is 33.9 Å². The van der Waals surface area contributed by atoms with E-state index >= 15 is 0 Å². The molecule has 2 aliphatic rings. The molecule has 0 bridgehead atoms. The molecule has 1 saturated carbocycles. The minimum Gasteiger partial charge on any atom is -0.496 e. The third-order valence-corrected chi connectivity index (χ3v) is 4.94. The highest BCUT2D eigenvalue weighted by Gasteiger charge is 2.23. The SMILES string of the molecule is C1=C(OCC2CC2)CN=C1Nc1ccnc(NCc2cccc3[nH]ccc23)n1. The molecule has 0 amide bonds. The van der Waals surface area contributed by atoms with Crippen molar-refractivity contribution in [3.8, 4) is 0 Å². The molecular weight excluding hydrogens is 352 g/mol. The van der Waals surface area contributed by atoms with Crippen LogP contribution in [0.25, 0.3) is 10.9 Å². The number of aromatic nitrogens is 3. The topological polar surface area (TPSA) is 87.2 Å². The van der Waals surface area contributed by atoms with Crippen LogP contribution in [0.5, 0.6) is 0 Å². The Morgan fingerprint density at radius 3 is 3.07 bits per heavy atom. The molecule has 7 nitrogen and oxygen atoms in total. The van der Waals surface area contributed by atoms with Gasteiger partial charge in [-0.1, -0.05) is 12.1 Å². The molecule has 28 heavy (non-hydrogen) atoms. The number of rotatable bonds is 7. The number of aliphatic imine (C=N–C) groups is 1. The first-order valence-electron chi connectivity index (χ1n) is 9.60. The van der Waals surface area contributed by atoms with Gasteiger partial charge in [0.25, 0.3) is 0 Å². The number of amidine groups is 1. The van der Waals surface area contributed by atoms with Crippen LogP contribution in [0.1, 0.15) is 18.4 Å².